The summed E-state index contributed by atoms with van der Waals surface area (Å²) in [5.41, 5.74) is 5.78. The number of likely N-dealkylation sites (N-methyl/N-ethyl adjacent to an activating group) is 1. The summed E-state index contributed by atoms with van der Waals surface area (Å²) in [4.78, 5) is 13.5. The molecule has 2 N–H and O–H groups in total. The van der Waals surface area contributed by atoms with Crippen molar-refractivity contribution in [1.82, 2.24) is 4.90 Å². The van der Waals surface area contributed by atoms with E-state index in [0.29, 0.717) is 37.0 Å². The molecule has 0 saturated carbocycles. The second-order valence-electron chi connectivity index (χ2n) is 4.45. The Kier molecular flexibility index (Phi) is 7.36. The normalized spacial score (nSPS) is 12.0. The SMILES string of the molecule is COCCC(N)C(=O)N(C)CCOc1cccc(Cl)c1. The number of carbonyl (C=O) groups is 1. The van der Waals surface area contributed by atoms with E-state index in [9.17, 15) is 4.79 Å². The number of amides is 1. The number of halogens is 1. The highest BCUT2D eigenvalue weighted by Gasteiger charge is 2.17. The number of ether oxygens (including phenoxy) is 2. The summed E-state index contributed by atoms with van der Waals surface area (Å²) in [7, 11) is 3.29. The van der Waals surface area contributed by atoms with Crippen molar-refractivity contribution < 1.29 is 14.3 Å². The Hall–Kier alpha value is -1.30. The van der Waals surface area contributed by atoms with Gasteiger partial charge in [0.05, 0.1) is 12.6 Å². The molecule has 1 amide bonds. The first-order chi connectivity index (χ1) is 9.54. The third kappa shape index (κ3) is 5.77. The predicted molar refractivity (Wildman–Crippen MR) is 79.1 cm³/mol. The summed E-state index contributed by atoms with van der Waals surface area (Å²) in [6, 6.07) is 6.60. The van der Waals surface area contributed by atoms with Gasteiger partial charge in [-0.1, -0.05) is 17.7 Å². The van der Waals surface area contributed by atoms with Gasteiger partial charge in [0.1, 0.15) is 12.4 Å². The molecule has 20 heavy (non-hydrogen) atoms. The highest BCUT2D eigenvalue weighted by molar-refractivity contribution is 6.30. The molecule has 0 aliphatic rings. The Balaban J connectivity index is 2.32. The minimum absolute atomic E-state index is 0.114. The van der Waals surface area contributed by atoms with Crippen LogP contribution in [0, 0.1) is 0 Å². The van der Waals surface area contributed by atoms with Crippen LogP contribution in [0.15, 0.2) is 24.3 Å². The first-order valence-corrected chi connectivity index (χ1v) is 6.80. The molecular weight excluding hydrogens is 280 g/mol. The Bertz CT molecular complexity index is 429. The van der Waals surface area contributed by atoms with Gasteiger partial charge in [0.25, 0.3) is 0 Å². The standard InChI is InChI=1S/C14H21ClN2O3/c1-17(14(18)13(16)6-8-19-2)7-9-20-12-5-3-4-11(15)10-12/h3-5,10,13H,6-9,16H2,1-2H3. The molecule has 6 heteroatoms. The molecule has 1 unspecified atom stereocenters. The quantitative estimate of drug-likeness (QED) is 0.791. The fourth-order valence-electron chi connectivity index (χ4n) is 1.62. The third-order valence-corrected chi connectivity index (χ3v) is 3.05. The molecule has 0 radical (unpaired) electrons. The van der Waals surface area contributed by atoms with Crippen LogP contribution >= 0.6 is 11.6 Å². The first kappa shape index (κ1) is 16.8. The summed E-state index contributed by atoms with van der Waals surface area (Å²) in [6.45, 7) is 1.32. The minimum atomic E-state index is -0.536. The zero-order chi connectivity index (χ0) is 15.0. The molecule has 0 aliphatic heterocycles. The van der Waals surface area contributed by atoms with Gasteiger partial charge in [-0.3, -0.25) is 4.79 Å². The van der Waals surface area contributed by atoms with E-state index in [1.165, 1.54) is 0 Å². The Morgan fingerprint density at radius 3 is 2.85 bits per heavy atom. The second kappa shape index (κ2) is 8.79. The zero-order valence-electron chi connectivity index (χ0n) is 11.8. The molecule has 0 bridgehead atoms. The summed E-state index contributed by atoms with van der Waals surface area (Å²) in [6.07, 6.45) is 0.509. The second-order valence-corrected chi connectivity index (χ2v) is 4.89. The van der Waals surface area contributed by atoms with Crippen molar-refractivity contribution in [3.8, 4) is 5.75 Å². The molecule has 0 saturated heterocycles. The van der Waals surface area contributed by atoms with Gasteiger partial charge in [0.15, 0.2) is 0 Å². The van der Waals surface area contributed by atoms with Crippen LogP contribution in [0.2, 0.25) is 5.02 Å². The molecular formula is C14H21ClN2O3. The lowest BCUT2D eigenvalue weighted by atomic mass is 10.2. The summed E-state index contributed by atoms with van der Waals surface area (Å²) >= 11 is 5.85. The highest BCUT2D eigenvalue weighted by atomic mass is 35.5. The van der Waals surface area contributed by atoms with Crippen molar-refractivity contribution in [1.29, 1.82) is 0 Å². The molecule has 112 valence electrons. The van der Waals surface area contributed by atoms with Crippen LogP contribution in [0.3, 0.4) is 0 Å². The van der Waals surface area contributed by atoms with Crippen molar-refractivity contribution in [2.45, 2.75) is 12.5 Å². The Morgan fingerprint density at radius 2 is 2.20 bits per heavy atom. The van der Waals surface area contributed by atoms with Crippen molar-refractivity contribution >= 4 is 17.5 Å². The maximum absolute atomic E-state index is 11.9. The lowest BCUT2D eigenvalue weighted by Crippen LogP contribution is -2.43. The molecule has 1 aromatic rings. The average molecular weight is 301 g/mol. The Morgan fingerprint density at radius 1 is 1.45 bits per heavy atom. The molecule has 0 spiro atoms. The van der Waals surface area contributed by atoms with Gasteiger partial charge in [0.2, 0.25) is 5.91 Å². The van der Waals surface area contributed by atoms with Crippen molar-refractivity contribution in [3.63, 3.8) is 0 Å². The first-order valence-electron chi connectivity index (χ1n) is 6.42. The van der Waals surface area contributed by atoms with E-state index >= 15 is 0 Å². The zero-order valence-corrected chi connectivity index (χ0v) is 12.6. The van der Waals surface area contributed by atoms with E-state index in [2.05, 4.69) is 0 Å². The van der Waals surface area contributed by atoms with Crippen molar-refractivity contribution in [2.75, 3.05) is 33.9 Å². The number of hydrogen-bond acceptors (Lipinski definition) is 4. The van der Waals surface area contributed by atoms with Gasteiger partial charge in [-0.05, 0) is 24.6 Å². The van der Waals surface area contributed by atoms with Crippen LogP contribution in [0.4, 0.5) is 0 Å². The molecule has 0 heterocycles. The van der Waals surface area contributed by atoms with E-state index in [1.807, 2.05) is 12.1 Å². The number of nitrogens with two attached hydrogens (primary N) is 1. The lowest BCUT2D eigenvalue weighted by Gasteiger charge is -2.21. The van der Waals surface area contributed by atoms with Crippen LogP contribution in [0.5, 0.6) is 5.75 Å². The molecule has 1 rings (SSSR count). The van der Waals surface area contributed by atoms with Gasteiger partial charge in [0, 0.05) is 25.8 Å². The van der Waals surface area contributed by atoms with Crippen molar-refractivity contribution in [2.24, 2.45) is 5.73 Å². The molecule has 0 fully saturated rings. The van der Waals surface area contributed by atoms with Gasteiger partial charge < -0.3 is 20.1 Å². The monoisotopic (exact) mass is 300 g/mol. The van der Waals surface area contributed by atoms with E-state index < -0.39 is 6.04 Å². The largest absolute Gasteiger partial charge is 0.492 e. The molecule has 1 atom stereocenters. The lowest BCUT2D eigenvalue weighted by molar-refractivity contribution is -0.132. The summed E-state index contributed by atoms with van der Waals surface area (Å²) in [5.74, 6) is 0.568. The maximum Gasteiger partial charge on any atom is 0.239 e. The summed E-state index contributed by atoms with van der Waals surface area (Å²) in [5, 5.41) is 0.619. The maximum atomic E-state index is 11.9. The van der Waals surface area contributed by atoms with Crippen LogP contribution in [-0.2, 0) is 9.53 Å². The van der Waals surface area contributed by atoms with E-state index in [-0.39, 0.29) is 5.91 Å². The third-order valence-electron chi connectivity index (χ3n) is 2.82. The van der Waals surface area contributed by atoms with Gasteiger partial charge in [-0.15, -0.1) is 0 Å². The van der Waals surface area contributed by atoms with Gasteiger partial charge >= 0.3 is 0 Å². The number of rotatable bonds is 8. The van der Waals surface area contributed by atoms with E-state index in [4.69, 9.17) is 26.8 Å². The predicted octanol–water partition coefficient (Wildman–Crippen LogP) is 1.54. The molecule has 1 aromatic carbocycles. The van der Waals surface area contributed by atoms with Crippen molar-refractivity contribution in [3.05, 3.63) is 29.3 Å². The number of hydrogen-bond donors (Lipinski definition) is 1. The molecule has 5 nitrogen and oxygen atoms in total. The average Bonchev–Trinajstić information content (AvgIpc) is 2.43. The summed E-state index contributed by atoms with van der Waals surface area (Å²) < 4.78 is 10.4. The minimum Gasteiger partial charge on any atom is -0.492 e. The van der Waals surface area contributed by atoms with Crippen LogP contribution in [0.1, 0.15) is 6.42 Å². The fraction of sp³-hybridized carbons (Fsp3) is 0.500. The van der Waals surface area contributed by atoms with E-state index in [0.717, 1.165) is 0 Å². The van der Waals surface area contributed by atoms with Gasteiger partial charge in [-0.2, -0.15) is 0 Å². The van der Waals surface area contributed by atoms with Crippen LogP contribution < -0.4 is 10.5 Å². The number of carbonyl (C=O) groups excluding carboxylic acids is 1. The highest BCUT2D eigenvalue weighted by Crippen LogP contribution is 2.16. The van der Waals surface area contributed by atoms with E-state index in [1.54, 1.807) is 31.2 Å². The number of benzene rings is 1. The number of methoxy groups -OCH3 is 1. The smallest absolute Gasteiger partial charge is 0.239 e. The number of nitrogens with zero attached hydrogens (tertiary/aromatic N) is 1. The van der Waals surface area contributed by atoms with Crippen LogP contribution in [-0.4, -0.2) is 50.8 Å². The Labute approximate surface area is 124 Å². The van der Waals surface area contributed by atoms with Crippen LogP contribution in [0.25, 0.3) is 0 Å². The van der Waals surface area contributed by atoms with Gasteiger partial charge in [-0.25, -0.2) is 0 Å². The molecule has 0 aliphatic carbocycles. The molecule has 0 aromatic heterocycles. The topological polar surface area (TPSA) is 64.8 Å². The fourth-order valence-corrected chi connectivity index (χ4v) is 1.80.